The maximum absolute atomic E-state index is 12.0. The van der Waals surface area contributed by atoms with Gasteiger partial charge in [0, 0.05) is 25.2 Å². The zero-order chi connectivity index (χ0) is 14.8. The molecule has 0 radical (unpaired) electrons. The van der Waals surface area contributed by atoms with E-state index in [1.165, 1.54) is 31.4 Å². The molecule has 1 N–H and O–H groups in total. The molecule has 1 aromatic heterocycles. The molecule has 2 saturated carbocycles. The molecule has 0 aliphatic heterocycles. The number of rotatable bonds is 6. The third-order valence-corrected chi connectivity index (χ3v) is 5.30. The second-order valence-corrected chi connectivity index (χ2v) is 6.99. The molecule has 116 valence electrons. The van der Waals surface area contributed by atoms with Crippen LogP contribution in [0.5, 0.6) is 0 Å². The summed E-state index contributed by atoms with van der Waals surface area (Å²) in [5.74, 6) is 2.69. The molecule has 1 amide bonds. The minimum atomic E-state index is 0.251. The van der Waals surface area contributed by atoms with E-state index < -0.39 is 0 Å². The molecule has 4 nitrogen and oxygen atoms in total. The van der Waals surface area contributed by atoms with Gasteiger partial charge >= 0.3 is 0 Å². The van der Waals surface area contributed by atoms with Gasteiger partial charge in [0.25, 0.3) is 0 Å². The minimum absolute atomic E-state index is 0.251. The van der Waals surface area contributed by atoms with Crippen LogP contribution >= 0.6 is 0 Å². The first-order valence-corrected chi connectivity index (χ1v) is 8.39. The fourth-order valence-corrected chi connectivity index (χ4v) is 4.29. The molecule has 1 heterocycles. The van der Waals surface area contributed by atoms with Crippen LogP contribution in [-0.2, 0) is 11.3 Å². The number of aromatic nitrogens is 2. The first-order chi connectivity index (χ1) is 10.1. The second kappa shape index (κ2) is 6.20. The van der Waals surface area contributed by atoms with Crippen molar-refractivity contribution < 1.29 is 4.79 Å². The van der Waals surface area contributed by atoms with Crippen molar-refractivity contribution in [2.24, 2.45) is 17.8 Å². The molecule has 21 heavy (non-hydrogen) atoms. The average molecular weight is 289 g/mol. The van der Waals surface area contributed by atoms with E-state index in [0.29, 0.717) is 5.92 Å². The summed E-state index contributed by atoms with van der Waals surface area (Å²) in [6.07, 6.45) is 7.15. The number of aryl methyl sites for hydroxylation is 3. The van der Waals surface area contributed by atoms with E-state index in [-0.39, 0.29) is 5.91 Å². The summed E-state index contributed by atoms with van der Waals surface area (Å²) < 4.78 is 2.03. The van der Waals surface area contributed by atoms with Crippen LogP contribution in [0.3, 0.4) is 0 Å². The van der Waals surface area contributed by atoms with Crippen molar-refractivity contribution in [3.05, 3.63) is 17.5 Å². The Labute approximate surface area is 127 Å². The number of hydrogen-bond donors (Lipinski definition) is 1. The number of nitrogens with zero attached hydrogens (tertiary/aromatic N) is 2. The van der Waals surface area contributed by atoms with E-state index in [9.17, 15) is 4.79 Å². The van der Waals surface area contributed by atoms with Crippen molar-refractivity contribution in [2.45, 2.75) is 58.9 Å². The summed E-state index contributed by atoms with van der Waals surface area (Å²) in [5, 5.41) is 7.53. The maximum atomic E-state index is 12.0. The predicted octanol–water partition coefficient (Wildman–Crippen LogP) is 2.83. The van der Waals surface area contributed by atoms with Crippen LogP contribution < -0.4 is 5.32 Å². The highest BCUT2D eigenvalue weighted by Gasteiger charge is 2.39. The van der Waals surface area contributed by atoms with E-state index in [2.05, 4.69) is 23.4 Å². The van der Waals surface area contributed by atoms with Gasteiger partial charge in [-0.25, -0.2) is 0 Å². The Kier molecular flexibility index (Phi) is 4.32. The van der Waals surface area contributed by atoms with Gasteiger partial charge in [0.1, 0.15) is 0 Å². The normalized spacial score (nSPS) is 27.2. The maximum Gasteiger partial charge on any atom is 0.220 e. The Morgan fingerprint density at radius 3 is 2.86 bits per heavy atom. The van der Waals surface area contributed by atoms with Crippen LogP contribution in [0.4, 0.5) is 0 Å². The zero-order valence-electron chi connectivity index (χ0n) is 13.3. The van der Waals surface area contributed by atoms with Gasteiger partial charge in [-0.1, -0.05) is 6.42 Å². The lowest BCUT2D eigenvalue weighted by molar-refractivity contribution is -0.122. The highest BCUT2D eigenvalue weighted by Crippen LogP contribution is 2.49. The van der Waals surface area contributed by atoms with Gasteiger partial charge < -0.3 is 5.32 Å². The van der Waals surface area contributed by atoms with E-state index in [1.54, 1.807) is 0 Å². The first kappa shape index (κ1) is 14.6. The van der Waals surface area contributed by atoms with Gasteiger partial charge in [0.2, 0.25) is 5.91 Å². The number of nitrogens with one attached hydrogen (secondary N) is 1. The molecule has 2 aliphatic rings. The molecule has 0 spiro atoms. The number of carbonyl (C=O) groups is 1. The number of amides is 1. The van der Waals surface area contributed by atoms with Gasteiger partial charge in [-0.05, 0) is 63.4 Å². The van der Waals surface area contributed by atoms with Gasteiger partial charge in [-0.3, -0.25) is 9.48 Å². The Hall–Kier alpha value is -1.32. The van der Waals surface area contributed by atoms with E-state index in [1.807, 2.05) is 11.6 Å². The topological polar surface area (TPSA) is 46.9 Å². The largest absolute Gasteiger partial charge is 0.356 e. The fourth-order valence-electron chi connectivity index (χ4n) is 4.29. The fraction of sp³-hybridized carbons (Fsp3) is 0.765. The highest BCUT2D eigenvalue weighted by atomic mass is 16.1. The zero-order valence-corrected chi connectivity index (χ0v) is 13.3. The smallest absolute Gasteiger partial charge is 0.220 e. The summed E-state index contributed by atoms with van der Waals surface area (Å²) in [6, 6.07) is 2.09. The van der Waals surface area contributed by atoms with Crippen LogP contribution in [0, 0.1) is 31.6 Å². The minimum Gasteiger partial charge on any atom is -0.356 e. The van der Waals surface area contributed by atoms with Crippen LogP contribution in [0.15, 0.2) is 6.07 Å². The van der Waals surface area contributed by atoms with E-state index >= 15 is 0 Å². The van der Waals surface area contributed by atoms with Gasteiger partial charge in [0.05, 0.1) is 5.69 Å². The Balaban J connectivity index is 1.34. The van der Waals surface area contributed by atoms with Crippen LogP contribution in [0.2, 0.25) is 0 Å². The quantitative estimate of drug-likeness (QED) is 0.819. The molecule has 3 rings (SSSR count). The molecule has 0 saturated heterocycles. The molecule has 1 aromatic rings. The second-order valence-electron chi connectivity index (χ2n) is 6.99. The molecule has 4 heteroatoms. The summed E-state index contributed by atoms with van der Waals surface area (Å²) in [7, 11) is 0. The molecule has 3 atom stereocenters. The average Bonchev–Trinajstić information content (AvgIpc) is 3.11. The molecular formula is C17H27N3O. The van der Waals surface area contributed by atoms with Gasteiger partial charge in [-0.15, -0.1) is 0 Å². The third-order valence-electron chi connectivity index (χ3n) is 5.30. The molecule has 3 unspecified atom stereocenters. The Morgan fingerprint density at radius 1 is 1.38 bits per heavy atom. The lowest BCUT2D eigenvalue weighted by atomic mass is 9.86. The Morgan fingerprint density at radius 2 is 2.24 bits per heavy atom. The van der Waals surface area contributed by atoms with Crippen molar-refractivity contribution in [3.63, 3.8) is 0 Å². The number of carbonyl (C=O) groups excluding carboxylic acids is 1. The van der Waals surface area contributed by atoms with E-state index in [4.69, 9.17) is 0 Å². The summed E-state index contributed by atoms with van der Waals surface area (Å²) in [4.78, 5) is 12.0. The number of hydrogen-bond acceptors (Lipinski definition) is 2. The van der Waals surface area contributed by atoms with Crippen LogP contribution in [-0.4, -0.2) is 22.2 Å². The van der Waals surface area contributed by atoms with E-state index in [0.717, 1.165) is 43.5 Å². The molecule has 2 aliphatic carbocycles. The molecule has 0 aromatic carbocycles. The predicted molar refractivity (Wildman–Crippen MR) is 82.9 cm³/mol. The van der Waals surface area contributed by atoms with Crippen molar-refractivity contribution >= 4 is 5.91 Å². The SMILES string of the molecule is Cc1cc(C)n(CCCNC(=O)CC2CC3CCC2C3)n1. The third kappa shape index (κ3) is 3.47. The monoisotopic (exact) mass is 289 g/mol. The van der Waals surface area contributed by atoms with Crippen molar-refractivity contribution in [1.29, 1.82) is 0 Å². The van der Waals surface area contributed by atoms with Gasteiger partial charge in [0.15, 0.2) is 0 Å². The summed E-state index contributed by atoms with van der Waals surface area (Å²) in [6.45, 7) is 5.74. The molecule has 2 fully saturated rings. The van der Waals surface area contributed by atoms with Crippen LogP contribution in [0.25, 0.3) is 0 Å². The first-order valence-electron chi connectivity index (χ1n) is 8.39. The lowest BCUT2D eigenvalue weighted by Gasteiger charge is -2.20. The van der Waals surface area contributed by atoms with Crippen molar-refractivity contribution in [2.75, 3.05) is 6.54 Å². The highest BCUT2D eigenvalue weighted by molar-refractivity contribution is 5.76. The standard InChI is InChI=1S/C17H27N3O/c1-12-8-13(2)20(19-12)7-3-6-18-17(21)11-16-10-14-4-5-15(16)9-14/h8,14-16H,3-7,9-11H2,1-2H3,(H,18,21). The van der Waals surface area contributed by atoms with Crippen molar-refractivity contribution in [1.82, 2.24) is 15.1 Å². The summed E-state index contributed by atoms with van der Waals surface area (Å²) in [5.41, 5.74) is 2.26. The molecule has 2 bridgehead atoms. The molecular weight excluding hydrogens is 262 g/mol. The Bertz CT molecular complexity index is 508. The van der Waals surface area contributed by atoms with Crippen molar-refractivity contribution in [3.8, 4) is 0 Å². The van der Waals surface area contributed by atoms with Gasteiger partial charge in [-0.2, -0.15) is 5.10 Å². The lowest BCUT2D eigenvalue weighted by Crippen LogP contribution is -2.28. The van der Waals surface area contributed by atoms with Crippen LogP contribution in [0.1, 0.15) is 49.9 Å². The number of fused-ring (bicyclic) bond motifs is 2. The summed E-state index contributed by atoms with van der Waals surface area (Å²) >= 11 is 0.